The summed E-state index contributed by atoms with van der Waals surface area (Å²) in [4.78, 5) is 37.9. The summed E-state index contributed by atoms with van der Waals surface area (Å²) in [6.45, 7) is -0.0686. The molecule has 4 rings (SSSR count). The minimum absolute atomic E-state index is 0.0260. The molecule has 2 amide bonds. The smallest absolute Gasteiger partial charge is 0.337 e. The van der Waals surface area contributed by atoms with E-state index in [1.807, 2.05) is 0 Å². The van der Waals surface area contributed by atoms with Crippen molar-refractivity contribution in [1.82, 2.24) is 9.47 Å². The molecule has 0 atom stereocenters. The van der Waals surface area contributed by atoms with E-state index in [2.05, 4.69) is 0 Å². The molecule has 9 heteroatoms. The number of pyridine rings is 1. The monoisotopic (exact) mass is 432 g/mol. The van der Waals surface area contributed by atoms with Crippen LogP contribution in [0, 0.1) is 5.82 Å². The number of unbranched alkanes of at least 4 members (excludes halogenated alkanes) is 1. The Morgan fingerprint density at radius 3 is 2.03 bits per heavy atom. The highest BCUT2D eigenvalue weighted by molar-refractivity contribution is 6.21. The van der Waals surface area contributed by atoms with Crippen molar-refractivity contribution >= 4 is 22.7 Å². The Hall–Kier alpha value is -3.49. The highest BCUT2D eigenvalue weighted by atomic mass is 19.4. The number of rotatable bonds is 5. The summed E-state index contributed by atoms with van der Waals surface area (Å²) in [5.41, 5.74) is -1.45. The summed E-state index contributed by atoms with van der Waals surface area (Å²) in [7, 11) is 0. The lowest BCUT2D eigenvalue weighted by molar-refractivity contribution is -0.143. The topological polar surface area (TPSA) is 59.4 Å². The number of benzene rings is 2. The van der Waals surface area contributed by atoms with Crippen molar-refractivity contribution in [3.8, 4) is 0 Å². The van der Waals surface area contributed by atoms with E-state index in [-0.39, 0.29) is 36.8 Å². The number of halogens is 4. The van der Waals surface area contributed by atoms with Gasteiger partial charge < -0.3 is 4.57 Å². The largest absolute Gasteiger partial charge is 0.431 e. The summed E-state index contributed by atoms with van der Waals surface area (Å²) in [5, 5.41) is -0.145. The highest BCUT2D eigenvalue weighted by Crippen LogP contribution is 2.31. The van der Waals surface area contributed by atoms with Crippen LogP contribution in [0.15, 0.2) is 53.3 Å². The lowest BCUT2D eigenvalue weighted by atomic mass is 10.1. The van der Waals surface area contributed by atoms with Crippen molar-refractivity contribution in [2.75, 3.05) is 6.54 Å². The maximum absolute atomic E-state index is 13.5. The zero-order valence-electron chi connectivity index (χ0n) is 16.1. The van der Waals surface area contributed by atoms with Gasteiger partial charge in [0.15, 0.2) is 5.43 Å². The Morgan fingerprint density at radius 1 is 0.806 bits per heavy atom. The molecule has 0 N–H and O–H groups in total. The van der Waals surface area contributed by atoms with Crippen molar-refractivity contribution in [1.29, 1.82) is 0 Å². The van der Waals surface area contributed by atoms with E-state index in [0.29, 0.717) is 17.2 Å². The molecule has 5 nitrogen and oxygen atoms in total. The van der Waals surface area contributed by atoms with Gasteiger partial charge in [0.25, 0.3) is 11.8 Å². The van der Waals surface area contributed by atoms with E-state index in [1.54, 1.807) is 24.3 Å². The summed E-state index contributed by atoms with van der Waals surface area (Å²) in [6, 6.07) is 9.92. The SMILES string of the molecule is O=C1c2ccccc2C(=O)N1CCCCn1c(C(F)(F)F)cc(=O)c2cc(F)ccc21. The van der Waals surface area contributed by atoms with Crippen LogP contribution in [0.3, 0.4) is 0 Å². The Bertz CT molecular complexity index is 1230. The zero-order chi connectivity index (χ0) is 22.3. The second-order valence-corrected chi connectivity index (χ2v) is 7.22. The summed E-state index contributed by atoms with van der Waals surface area (Å²) < 4.78 is 55.0. The van der Waals surface area contributed by atoms with E-state index in [0.717, 1.165) is 27.7 Å². The van der Waals surface area contributed by atoms with Gasteiger partial charge in [0.2, 0.25) is 0 Å². The van der Waals surface area contributed by atoms with Crippen LogP contribution in [0.2, 0.25) is 0 Å². The van der Waals surface area contributed by atoms with Crippen LogP contribution < -0.4 is 5.43 Å². The Kier molecular flexibility index (Phi) is 5.12. The molecule has 1 aliphatic rings. The number of amides is 2. The normalized spacial score (nSPS) is 13.9. The number of hydrogen-bond acceptors (Lipinski definition) is 3. The van der Waals surface area contributed by atoms with E-state index in [4.69, 9.17) is 0 Å². The second-order valence-electron chi connectivity index (χ2n) is 7.22. The van der Waals surface area contributed by atoms with Crippen molar-refractivity contribution < 1.29 is 27.2 Å². The molecular weight excluding hydrogens is 416 g/mol. The van der Waals surface area contributed by atoms with Gasteiger partial charge in [-0.05, 0) is 43.2 Å². The minimum Gasteiger partial charge on any atom is -0.337 e. The summed E-state index contributed by atoms with van der Waals surface area (Å²) in [5.74, 6) is -1.58. The molecule has 2 aromatic carbocycles. The third-order valence-corrected chi connectivity index (χ3v) is 5.26. The Balaban J connectivity index is 1.55. The van der Waals surface area contributed by atoms with Crippen LogP contribution in [0.25, 0.3) is 10.9 Å². The zero-order valence-corrected chi connectivity index (χ0v) is 16.1. The number of aryl methyl sites for hydroxylation is 1. The molecule has 0 fully saturated rings. The van der Waals surface area contributed by atoms with Gasteiger partial charge >= 0.3 is 6.18 Å². The fourth-order valence-corrected chi connectivity index (χ4v) is 3.81. The third kappa shape index (κ3) is 3.71. The molecule has 0 saturated heterocycles. The summed E-state index contributed by atoms with van der Waals surface area (Å²) >= 11 is 0. The fraction of sp³-hybridized carbons (Fsp3) is 0.227. The Labute approximate surface area is 173 Å². The predicted molar refractivity (Wildman–Crippen MR) is 104 cm³/mol. The third-order valence-electron chi connectivity index (χ3n) is 5.26. The molecule has 0 spiro atoms. The molecule has 1 aliphatic heterocycles. The van der Waals surface area contributed by atoms with Gasteiger partial charge in [-0.25, -0.2) is 4.39 Å². The molecule has 0 saturated carbocycles. The first-order valence-corrected chi connectivity index (χ1v) is 9.54. The number of hydrogen-bond donors (Lipinski definition) is 0. The van der Waals surface area contributed by atoms with Gasteiger partial charge in [0.1, 0.15) is 11.5 Å². The van der Waals surface area contributed by atoms with E-state index >= 15 is 0 Å². The number of carbonyl (C=O) groups is 2. The molecule has 0 unspecified atom stereocenters. The van der Waals surface area contributed by atoms with Crippen molar-refractivity contribution in [3.63, 3.8) is 0 Å². The van der Waals surface area contributed by atoms with Gasteiger partial charge in [0, 0.05) is 24.5 Å². The molecule has 0 aliphatic carbocycles. The average molecular weight is 432 g/mol. The van der Waals surface area contributed by atoms with Crippen LogP contribution >= 0.6 is 0 Å². The first-order valence-electron chi connectivity index (χ1n) is 9.54. The van der Waals surface area contributed by atoms with Crippen molar-refractivity contribution in [2.45, 2.75) is 25.6 Å². The van der Waals surface area contributed by atoms with Crippen LogP contribution in [-0.2, 0) is 12.7 Å². The van der Waals surface area contributed by atoms with Gasteiger partial charge in [0.05, 0.1) is 16.6 Å². The first kappa shape index (κ1) is 20.8. The molecule has 31 heavy (non-hydrogen) atoms. The average Bonchev–Trinajstić information content (AvgIpc) is 2.96. The van der Waals surface area contributed by atoms with Gasteiger partial charge in [-0.15, -0.1) is 0 Å². The second kappa shape index (κ2) is 7.64. The summed E-state index contributed by atoms with van der Waals surface area (Å²) in [6.07, 6.45) is -4.31. The van der Waals surface area contributed by atoms with E-state index < -0.39 is 34.9 Å². The van der Waals surface area contributed by atoms with Crippen LogP contribution in [0.5, 0.6) is 0 Å². The van der Waals surface area contributed by atoms with Crippen LogP contribution in [0.4, 0.5) is 17.6 Å². The minimum atomic E-state index is -4.77. The first-order chi connectivity index (χ1) is 14.7. The quantitative estimate of drug-likeness (QED) is 0.344. The number of nitrogens with zero attached hydrogens (tertiary/aromatic N) is 2. The number of imide groups is 1. The number of fused-ring (bicyclic) bond motifs is 2. The lowest BCUT2D eigenvalue weighted by Gasteiger charge is -2.19. The predicted octanol–water partition coefficient (Wildman–Crippen LogP) is 4.24. The highest BCUT2D eigenvalue weighted by Gasteiger charge is 2.36. The molecule has 0 radical (unpaired) electrons. The van der Waals surface area contributed by atoms with Crippen molar-refractivity contribution in [2.24, 2.45) is 0 Å². The number of carbonyl (C=O) groups excluding carboxylic acids is 2. The molecule has 160 valence electrons. The van der Waals surface area contributed by atoms with Crippen LogP contribution in [0.1, 0.15) is 39.3 Å². The maximum Gasteiger partial charge on any atom is 0.431 e. The number of alkyl halides is 3. The molecule has 1 aromatic heterocycles. The molecule has 2 heterocycles. The standard InChI is InChI=1S/C22H16F4N2O3/c23-13-7-8-17-16(11-13)18(29)12-19(22(24,25)26)27(17)9-3-4-10-28-20(30)14-5-1-2-6-15(14)21(28)31/h1-2,5-8,11-12H,3-4,9-10H2. The maximum atomic E-state index is 13.5. The molecule has 0 bridgehead atoms. The Morgan fingerprint density at radius 2 is 1.42 bits per heavy atom. The van der Waals surface area contributed by atoms with Gasteiger partial charge in [-0.3, -0.25) is 19.3 Å². The van der Waals surface area contributed by atoms with E-state index in [1.165, 1.54) is 0 Å². The molecular formula is C22H16F4N2O3. The lowest BCUT2D eigenvalue weighted by Crippen LogP contribution is -2.31. The van der Waals surface area contributed by atoms with Crippen molar-refractivity contribution in [3.05, 3.63) is 81.4 Å². The number of aromatic nitrogens is 1. The fourth-order valence-electron chi connectivity index (χ4n) is 3.81. The van der Waals surface area contributed by atoms with Crippen LogP contribution in [-0.4, -0.2) is 27.8 Å². The van der Waals surface area contributed by atoms with Gasteiger partial charge in [-0.1, -0.05) is 12.1 Å². The van der Waals surface area contributed by atoms with E-state index in [9.17, 15) is 31.9 Å². The molecule has 3 aromatic rings. The van der Waals surface area contributed by atoms with Gasteiger partial charge in [-0.2, -0.15) is 13.2 Å².